The molecule has 6 rings (SSSR count). The maximum Gasteiger partial charge on any atom is 0.0178 e. The molecule has 0 aliphatic heterocycles. The van der Waals surface area contributed by atoms with E-state index in [0.29, 0.717) is 0 Å². The smallest absolute Gasteiger partial charge is 0.0178 e. The van der Waals surface area contributed by atoms with Gasteiger partial charge in [-0.3, -0.25) is 0 Å². The van der Waals surface area contributed by atoms with Gasteiger partial charge in [0.05, 0.1) is 0 Å². The van der Waals surface area contributed by atoms with E-state index in [9.17, 15) is 0 Å². The topological polar surface area (TPSA) is 0 Å². The Morgan fingerprint density at radius 1 is 0.531 bits per heavy atom. The molecule has 1 atom stereocenters. The second-order valence-corrected chi connectivity index (χ2v) is 11.8. The molecule has 2 aliphatic carbocycles. The predicted octanol–water partition coefficient (Wildman–Crippen LogP) is 8.23. The van der Waals surface area contributed by atoms with Crippen molar-refractivity contribution in [2.75, 3.05) is 0 Å². The minimum atomic E-state index is -0.00805. The van der Waals surface area contributed by atoms with Crippen molar-refractivity contribution in [3.8, 4) is 33.4 Å². The molecule has 0 radical (unpaired) electrons. The Morgan fingerprint density at radius 2 is 0.938 bits per heavy atom. The van der Waals surface area contributed by atoms with Gasteiger partial charge in [0.1, 0.15) is 0 Å². The lowest BCUT2D eigenvalue weighted by molar-refractivity contribution is 0.659. The van der Waals surface area contributed by atoms with E-state index in [1.807, 2.05) is 0 Å². The van der Waals surface area contributed by atoms with Crippen molar-refractivity contribution in [2.45, 2.75) is 38.5 Å². The second-order valence-electron chi connectivity index (χ2n) is 10.3. The highest BCUT2D eigenvalue weighted by atomic mass is 79.9. The molecule has 0 heterocycles. The van der Waals surface area contributed by atoms with Gasteiger partial charge in [0, 0.05) is 15.3 Å². The summed E-state index contributed by atoms with van der Waals surface area (Å²) in [6.45, 7) is 9.39. The monoisotopic (exact) mass is 496 g/mol. The first kappa shape index (κ1) is 20.4. The third kappa shape index (κ3) is 2.71. The van der Waals surface area contributed by atoms with Crippen LogP contribution in [0.2, 0.25) is 0 Å². The molecule has 2 aliphatic rings. The lowest BCUT2D eigenvalue weighted by Gasteiger charge is -2.23. The first-order valence-electron chi connectivity index (χ1n) is 11.2. The van der Waals surface area contributed by atoms with Gasteiger partial charge in [-0.2, -0.15) is 0 Å². The summed E-state index contributed by atoms with van der Waals surface area (Å²) in [7, 11) is 2.84. The van der Waals surface area contributed by atoms with Gasteiger partial charge in [-0.1, -0.05) is 92.2 Å². The van der Waals surface area contributed by atoms with Gasteiger partial charge in [-0.15, -0.1) is 9.24 Å². The third-order valence-corrected chi connectivity index (χ3v) is 8.52. The van der Waals surface area contributed by atoms with Gasteiger partial charge < -0.3 is 0 Å². The van der Waals surface area contributed by atoms with Crippen molar-refractivity contribution in [1.82, 2.24) is 0 Å². The fourth-order valence-electron chi connectivity index (χ4n) is 5.82. The maximum atomic E-state index is 3.67. The molecule has 4 aromatic rings. The molecule has 0 spiro atoms. The van der Waals surface area contributed by atoms with E-state index in [-0.39, 0.29) is 10.8 Å². The van der Waals surface area contributed by atoms with Crippen molar-refractivity contribution < 1.29 is 0 Å². The van der Waals surface area contributed by atoms with E-state index in [1.54, 1.807) is 0 Å². The van der Waals surface area contributed by atoms with Gasteiger partial charge in [-0.05, 0) is 85.2 Å². The lowest BCUT2D eigenvalue weighted by Crippen LogP contribution is -2.16. The minimum Gasteiger partial charge on any atom is -0.106 e. The largest absolute Gasteiger partial charge is 0.106 e. The summed E-state index contributed by atoms with van der Waals surface area (Å²) in [4.78, 5) is 0. The molecule has 0 fully saturated rings. The van der Waals surface area contributed by atoms with Gasteiger partial charge >= 0.3 is 0 Å². The van der Waals surface area contributed by atoms with Gasteiger partial charge in [0.15, 0.2) is 0 Å². The molecule has 1 unspecified atom stereocenters. The van der Waals surface area contributed by atoms with Gasteiger partial charge in [-0.25, -0.2) is 0 Å². The zero-order chi connectivity index (χ0) is 22.4. The predicted molar refractivity (Wildman–Crippen MR) is 144 cm³/mol. The highest BCUT2D eigenvalue weighted by Crippen LogP contribution is 2.52. The minimum absolute atomic E-state index is 0.00572. The first-order chi connectivity index (χ1) is 15.2. The summed E-state index contributed by atoms with van der Waals surface area (Å²) < 4.78 is 1.14. The van der Waals surface area contributed by atoms with E-state index >= 15 is 0 Å². The highest BCUT2D eigenvalue weighted by molar-refractivity contribution is 9.10. The average molecular weight is 497 g/mol. The average Bonchev–Trinajstić information content (AvgIpc) is 3.12. The summed E-state index contributed by atoms with van der Waals surface area (Å²) in [6, 6.07) is 27.6. The van der Waals surface area contributed by atoms with Crippen LogP contribution in [0.5, 0.6) is 0 Å². The lowest BCUT2D eigenvalue weighted by atomic mass is 9.80. The van der Waals surface area contributed by atoms with Crippen LogP contribution in [0.1, 0.15) is 49.9 Å². The number of halogens is 1. The molecular formula is C30H26BrP. The standard InChI is InChI=1S/C30H26BrP/c1-29(2)25-13-17(5-9-21(25)23-11-7-19(31)15-27(23)29)18-6-10-22-24-12-8-20(32)16-28(24)30(3,4)26(22)14-18/h5-16H,32H2,1-4H3. The van der Waals surface area contributed by atoms with Crippen molar-refractivity contribution in [2.24, 2.45) is 0 Å². The molecule has 0 bridgehead atoms. The van der Waals surface area contributed by atoms with E-state index < -0.39 is 0 Å². The molecule has 0 saturated heterocycles. The third-order valence-electron chi connectivity index (χ3n) is 7.67. The number of hydrogen-bond donors (Lipinski definition) is 0. The van der Waals surface area contributed by atoms with Crippen LogP contribution in [0.4, 0.5) is 0 Å². The van der Waals surface area contributed by atoms with Crippen LogP contribution in [-0.2, 0) is 10.8 Å². The number of hydrogen-bond acceptors (Lipinski definition) is 0. The molecule has 4 aromatic carbocycles. The van der Waals surface area contributed by atoms with Gasteiger partial charge in [0.2, 0.25) is 0 Å². The Hall–Kier alpha value is -2.21. The number of benzene rings is 4. The normalized spacial score (nSPS) is 16.3. The van der Waals surface area contributed by atoms with E-state index in [0.717, 1.165) is 4.47 Å². The van der Waals surface area contributed by atoms with Crippen LogP contribution < -0.4 is 5.30 Å². The summed E-state index contributed by atoms with van der Waals surface area (Å²) in [5.74, 6) is 0. The Bertz CT molecular complexity index is 1330. The summed E-state index contributed by atoms with van der Waals surface area (Å²) in [6.07, 6.45) is 0. The molecule has 0 N–H and O–H groups in total. The zero-order valence-corrected chi connectivity index (χ0v) is 21.6. The van der Waals surface area contributed by atoms with Crippen LogP contribution in [-0.4, -0.2) is 0 Å². The molecule has 2 heteroatoms. The van der Waals surface area contributed by atoms with Crippen LogP contribution in [0, 0.1) is 0 Å². The van der Waals surface area contributed by atoms with Crippen molar-refractivity contribution in [3.63, 3.8) is 0 Å². The zero-order valence-electron chi connectivity index (χ0n) is 18.9. The molecular weight excluding hydrogens is 471 g/mol. The first-order valence-corrected chi connectivity index (χ1v) is 12.6. The van der Waals surface area contributed by atoms with Crippen LogP contribution in [0.3, 0.4) is 0 Å². The second kappa shape index (κ2) is 6.66. The molecule has 158 valence electrons. The Labute approximate surface area is 201 Å². The van der Waals surface area contributed by atoms with Crippen molar-refractivity contribution in [3.05, 3.63) is 99.5 Å². The summed E-state index contributed by atoms with van der Waals surface area (Å²) in [5, 5.41) is 1.25. The summed E-state index contributed by atoms with van der Waals surface area (Å²) >= 11 is 3.67. The maximum absolute atomic E-state index is 3.67. The van der Waals surface area contributed by atoms with Crippen LogP contribution in [0.15, 0.2) is 77.3 Å². The molecule has 32 heavy (non-hydrogen) atoms. The van der Waals surface area contributed by atoms with Crippen LogP contribution >= 0.6 is 25.2 Å². The Kier molecular flexibility index (Phi) is 4.24. The van der Waals surface area contributed by atoms with E-state index in [1.165, 1.54) is 60.9 Å². The Balaban J connectivity index is 1.49. The molecule has 0 saturated carbocycles. The molecule has 0 amide bonds. The number of fused-ring (bicyclic) bond motifs is 6. The van der Waals surface area contributed by atoms with Gasteiger partial charge in [0.25, 0.3) is 0 Å². The summed E-state index contributed by atoms with van der Waals surface area (Å²) in [5.41, 5.74) is 13.7. The molecule has 0 aromatic heterocycles. The quantitative estimate of drug-likeness (QED) is 0.233. The fourth-order valence-corrected chi connectivity index (χ4v) is 6.45. The van der Waals surface area contributed by atoms with Crippen LogP contribution in [0.25, 0.3) is 33.4 Å². The molecule has 0 nitrogen and oxygen atoms in total. The SMILES string of the molecule is CC1(C)c2cc(P)ccc2-c2ccc(-c3ccc4c(c3)C(C)(C)c3cc(Br)ccc3-4)cc21. The van der Waals surface area contributed by atoms with Crippen molar-refractivity contribution >= 4 is 30.5 Å². The fraction of sp³-hybridized carbons (Fsp3) is 0.200. The van der Waals surface area contributed by atoms with E-state index in [2.05, 4.69) is 126 Å². The van der Waals surface area contributed by atoms with E-state index in [4.69, 9.17) is 0 Å². The number of rotatable bonds is 1. The Morgan fingerprint density at radius 3 is 1.47 bits per heavy atom. The highest BCUT2D eigenvalue weighted by Gasteiger charge is 2.37. The van der Waals surface area contributed by atoms with Crippen molar-refractivity contribution in [1.29, 1.82) is 0 Å².